The molecular weight excluding hydrogens is 352 g/mol. The fourth-order valence-electron chi connectivity index (χ4n) is 1.94. The normalized spacial score (nSPS) is 10.7. The fourth-order valence-corrected chi connectivity index (χ4v) is 2.88. The molecule has 2 aromatic rings. The lowest BCUT2D eigenvalue weighted by atomic mass is 10.2. The van der Waals surface area contributed by atoms with Gasteiger partial charge in [0.25, 0.3) is 5.91 Å². The number of benzene rings is 1. The molecule has 8 heteroatoms. The largest absolute Gasteiger partial charge is 0.490 e. The first-order valence-electron chi connectivity index (χ1n) is 7.29. The van der Waals surface area contributed by atoms with Crippen LogP contribution < -0.4 is 10.1 Å². The molecule has 0 spiro atoms. The molecular formula is C16H17ClN2O4S. The number of ether oxygens (including phenoxy) is 1. The highest BCUT2D eigenvalue weighted by atomic mass is 35.5. The molecule has 1 aromatic carbocycles. The Bertz CT molecular complexity index is 745. The van der Waals surface area contributed by atoms with Crippen molar-refractivity contribution in [1.82, 2.24) is 10.3 Å². The van der Waals surface area contributed by atoms with E-state index >= 15 is 0 Å². The SMILES string of the molecule is CC(C)Oc1ccc(Cl)cc1C(=O)NCCc1nc(C(=O)O)cs1. The van der Waals surface area contributed by atoms with E-state index in [1.807, 2.05) is 13.8 Å². The maximum absolute atomic E-state index is 12.3. The summed E-state index contributed by atoms with van der Waals surface area (Å²) in [5, 5.41) is 14.2. The van der Waals surface area contributed by atoms with Crippen molar-refractivity contribution in [3.63, 3.8) is 0 Å². The summed E-state index contributed by atoms with van der Waals surface area (Å²) < 4.78 is 5.62. The van der Waals surface area contributed by atoms with E-state index in [2.05, 4.69) is 10.3 Å². The lowest BCUT2D eigenvalue weighted by Gasteiger charge is -2.14. The van der Waals surface area contributed by atoms with Gasteiger partial charge >= 0.3 is 5.97 Å². The lowest BCUT2D eigenvalue weighted by Crippen LogP contribution is -2.26. The first-order valence-corrected chi connectivity index (χ1v) is 8.54. The Balaban J connectivity index is 1.99. The molecule has 0 fully saturated rings. The Hall–Kier alpha value is -2.12. The summed E-state index contributed by atoms with van der Waals surface area (Å²) in [6.07, 6.45) is 0.382. The van der Waals surface area contributed by atoms with Crippen molar-refractivity contribution in [2.24, 2.45) is 0 Å². The van der Waals surface area contributed by atoms with E-state index in [4.69, 9.17) is 21.4 Å². The van der Waals surface area contributed by atoms with Crippen molar-refractivity contribution in [3.8, 4) is 5.75 Å². The molecule has 0 atom stereocenters. The van der Waals surface area contributed by atoms with Gasteiger partial charge < -0.3 is 15.2 Å². The summed E-state index contributed by atoms with van der Waals surface area (Å²) in [5.74, 6) is -0.895. The van der Waals surface area contributed by atoms with E-state index in [9.17, 15) is 9.59 Å². The Morgan fingerprint density at radius 2 is 2.17 bits per heavy atom. The minimum atomic E-state index is -1.06. The highest BCUT2D eigenvalue weighted by Crippen LogP contribution is 2.24. The zero-order valence-electron chi connectivity index (χ0n) is 13.2. The zero-order valence-corrected chi connectivity index (χ0v) is 14.8. The van der Waals surface area contributed by atoms with Gasteiger partial charge in [-0.1, -0.05) is 11.6 Å². The number of amides is 1. The number of carboxylic acid groups (broad SMARTS) is 1. The van der Waals surface area contributed by atoms with Crippen LogP contribution in [0, 0.1) is 0 Å². The monoisotopic (exact) mass is 368 g/mol. The number of nitrogens with one attached hydrogen (secondary N) is 1. The summed E-state index contributed by atoms with van der Waals surface area (Å²) in [4.78, 5) is 27.1. The molecule has 1 amide bonds. The molecule has 1 heterocycles. The smallest absolute Gasteiger partial charge is 0.355 e. The predicted octanol–water partition coefficient (Wildman–Crippen LogP) is 3.25. The zero-order chi connectivity index (χ0) is 17.7. The van der Waals surface area contributed by atoms with Crippen LogP contribution in [0.25, 0.3) is 0 Å². The highest BCUT2D eigenvalue weighted by molar-refractivity contribution is 7.09. The van der Waals surface area contributed by atoms with Crippen molar-refractivity contribution >= 4 is 34.8 Å². The number of hydrogen-bond acceptors (Lipinski definition) is 5. The minimum absolute atomic E-state index is 0.0174. The van der Waals surface area contributed by atoms with Crippen LogP contribution >= 0.6 is 22.9 Å². The second-order valence-corrected chi connectivity index (χ2v) is 6.62. The first-order chi connectivity index (χ1) is 11.4. The molecule has 0 saturated heterocycles. The van der Waals surface area contributed by atoms with Crippen LogP contribution in [0.1, 0.15) is 39.7 Å². The average molecular weight is 369 g/mol. The van der Waals surface area contributed by atoms with Gasteiger partial charge in [-0.15, -0.1) is 11.3 Å². The number of halogens is 1. The van der Waals surface area contributed by atoms with Crippen LogP contribution in [0.3, 0.4) is 0 Å². The van der Waals surface area contributed by atoms with Crippen LogP contribution in [0.2, 0.25) is 5.02 Å². The number of nitrogens with zero attached hydrogens (tertiary/aromatic N) is 1. The van der Waals surface area contributed by atoms with Crippen LogP contribution in [-0.2, 0) is 6.42 Å². The number of rotatable bonds is 7. The highest BCUT2D eigenvalue weighted by Gasteiger charge is 2.15. The minimum Gasteiger partial charge on any atom is -0.490 e. The van der Waals surface area contributed by atoms with Gasteiger partial charge in [-0.25, -0.2) is 9.78 Å². The van der Waals surface area contributed by atoms with Crippen molar-refractivity contribution in [1.29, 1.82) is 0 Å². The van der Waals surface area contributed by atoms with Crippen molar-refractivity contribution < 1.29 is 19.4 Å². The molecule has 0 aliphatic heterocycles. The molecule has 1 aromatic heterocycles. The van der Waals surface area contributed by atoms with E-state index in [0.717, 1.165) is 0 Å². The average Bonchev–Trinajstić information content (AvgIpc) is 2.97. The molecule has 0 unspecified atom stereocenters. The van der Waals surface area contributed by atoms with E-state index in [-0.39, 0.29) is 17.7 Å². The Morgan fingerprint density at radius 1 is 1.42 bits per heavy atom. The number of carboxylic acids is 1. The van der Waals surface area contributed by atoms with Gasteiger partial charge in [0.05, 0.1) is 16.7 Å². The van der Waals surface area contributed by atoms with Crippen LogP contribution in [0.4, 0.5) is 0 Å². The Kier molecular flexibility index (Phi) is 6.16. The number of hydrogen-bond donors (Lipinski definition) is 2. The van der Waals surface area contributed by atoms with E-state index in [1.165, 1.54) is 16.7 Å². The maximum atomic E-state index is 12.3. The van der Waals surface area contributed by atoms with Crippen LogP contribution in [0.5, 0.6) is 5.75 Å². The molecule has 0 radical (unpaired) electrons. The summed E-state index contributed by atoms with van der Waals surface area (Å²) in [6, 6.07) is 4.89. The third-order valence-electron chi connectivity index (χ3n) is 2.94. The third-order valence-corrected chi connectivity index (χ3v) is 4.09. The molecule has 0 bridgehead atoms. The van der Waals surface area contributed by atoms with Gasteiger partial charge in [-0.05, 0) is 32.0 Å². The second-order valence-electron chi connectivity index (χ2n) is 5.24. The van der Waals surface area contributed by atoms with Crippen LogP contribution in [-0.4, -0.2) is 34.6 Å². The van der Waals surface area contributed by atoms with Gasteiger partial charge in [0.15, 0.2) is 5.69 Å². The predicted molar refractivity (Wildman–Crippen MR) is 92.3 cm³/mol. The summed E-state index contributed by atoms with van der Waals surface area (Å²) in [5.41, 5.74) is 0.380. The molecule has 2 N–H and O–H groups in total. The van der Waals surface area contributed by atoms with E-state index in [0.29, 0.717) is 34.3 Å². The standard InChI is InChI=1S/C16H17ClN2O4S/c1-9(2)23-13-4-3-10(17)7-11(13)15(20)18-6-5-14-19-12(8-24-14)16(21)22/h3-4,7-9H,5-6H2,1-2H3,(H,18,20)(H,21,22). The quantitative estimate of drug-likeness (QED) is 0.783. The second kappa shape index (κ2) is 8.12. The summed E-state index contributed by atoms with van der Waals surface area (Å²) in [6.45, 7) is 4.08. The number of aromatic nitrogens is 1. The number of carbonyl (C=O) groups excluding carboxylic acids is 1. The molecule has 128 valence electrons. The number of aromatic carboxylic acids is 1. The van der Waals surface area contributed by atoms with E-state index < -0.39 is 5.97 Å². The topological polar surface area (TPSA) is 88.5 Å². The third kappa shape index (κ3) is 4.94. The maximum Gasteiger partial charge on any atom is 0.355 e. The lowest BCUT2D eigenvalue weighted by molar-refractivity contribution is 0.0690. The molecule has 0 aliphatic carbocycles. The number of thiazole rings is 1. The molecule has 6 nitrogen and oxygen atoms in total. The Labute approximate surface area is 148 Å². The van der Waals surface area contributed by atoms with Gasteiger partial charge in [0.2, 0.25) is 0 Å². The molecule has 0 saturated carbocycles. The van der Waals surface area contributed by atoms with Crippen molar-refractivity contribution in [2.75, 3.05) is 6.54 Å². The molecule has 0 aliphatic rings. The fraction of sp³-hybridized carbons (Fsp3) is 0.312. The molecule has 24 heavy (non-hydrogen) atoms. The van der Waals surface area contributed by atoms with Gasteiger partial charge in [-0.2, -0.15) is 0 Å². The van der Waals surface area contributed by atoms with Gasteiger partial charge in [0.1, 0.15) is 5.75 Å². The molecule has 2 rings (SSSR count). The number of carbonyl (C=O) groups is 2. The van der Waals surface area contributed by atoms with Gasteiger partial charge in [0, 0.05) is 23.4 Å². The van der Waals surface area contributed by atoms with Crippen molar-refractivity contribution in [2.45, 2.75) is 26.4 Å². The van der Waals surface area contributed by atoms with Crippen molar-refractivity contribution in [3.05, 3.63) is 44.9 Å². The summed E-state index contributed by atoms with van der Waals surface area (Å²) in [7, 11) is 0. The van der Waals surface area contributed by atoms with Gasteiger partial charge in [-0.3, -0.25) is 4.79 Å². The Morgan fingerprint density at radius 3 is 2.79 bits per heavy atom. The van der Waals surface area contributed by atoms with E-state index in [1.54, 1.807) is 18.2 Å². The summed E-state index contributed by atoms with van der Waals surface area (Å²) >= 11 is 7.21. The first kappa shape index (κ1) is 18.2. The van der Waals surface area contributed by atoms with Crippen LogP contribution in [0.15, 0.2) is 23.6 Å².